The first-order chi connectivity index (χ1) is 9.93. The first-order valence-corrected chi connectivity index (χ1v) is 6.27. The number of hydrogen-bond acceptors (Lipinski definition) is 3. The minimum Gasteiger partial charge on any atom is -0.480 e. The van der Waals surface area contributed by atoms with Crippen molar-refractivity contribution >= 4 is 22.8 Å². The molecular formula is C15H14FNO4. The van der Waals surface area contributed by atoms with E-state index >= 15 is 0 Å². The molecule has 2 aromatic rings. The van der Waals surface area contributed by atoms with Gasteiger partial charge in [-0.05, 0) is 31.5 Å². The smallest absolute Gasteiger partial charge is 0.326 e. The number of carboxylic acid groups (broad SMARTS) is 1. The second-order valence-electron chi connectivity index (χ2n) is 4.59. The molecule has 5 nitrogen and oxygen atoms in total. The predicted molar refractivity (Wildman–Crippen MR) is 74.6 cm³/mol. The minimum absolute atomic E-state index is 0.0223. The van der Waals surface area contributed by atoms with Crippen LogP contribution in [0.3, 0.4) is 0 Å². The van der Waals surface area contributed by atoms with Gasteiger partial charge in [-0.15, -0.1) is 6.58 Å². The van der Waals surface area contributed by atoms with E-state index in [1.54, 1.807) is 6.92 Å². The molecule has 2 N–H and O–H groups in total. The molecule has 0 spiro atoms. The van der Waals surface area contributed by atoms with E-state index in [2.05, 4.69) is 11.9 Å². The van der Waals surface area contributed by atoms with Crippen molar-refractivity contribution in [2.45, 2.75) is 19.4 Å². The first kappa shape index (κ1) is 14.8. The zero-order valence-electron chi connectivity index (χ0n) is 11.4. The Morgan fingerprint density at radius 2 is 2.24 bits per heavy atom. The van der Waals surface area contributed by atoms with Crippen LogP contribution in [0.4, 0.5) is 4.39 Å². The van der Waals surface area contributed by atoms with Gasteiger partial charge in [0.15, 0.2) is 5.76 Å². The van der Waals surface area contributed by atoms with E-state index in [-0.39, 0.29) is 12.2 Å². The zero-order valence-corrected chi connectivity index (χ0v) is 11.4. The highest BCUT2D eigenvalue weighted by molar-refractivity contribution is 6.00. The predicted octanol–water partition coefficient (Wildman–Crippen LogP) is 2.64. The molecule has 1 aromatic carbocycles. The van der Waals surface area contributed by atoms with Crippen molar-refractivity contribution in [1.82, 2.24) is 5.32 Å². The average Bonchev–Trinajstić information content (AvgIpc) is 2.75. The summed E-state index contributed by atoms with van der Waals surface area (Å²) < 4.78 is 18.6. The third kappa shape index (κ3) is 2.94. The lowest BCUT2D eigenvalue weighted by Crippen LogP contribution is -2.40. The van der Waals surface area contributed by atoms with Gasteiger partial charge in [-0.3, -0.25) is 4.79 Å². The van der Waals surface area contributed by atoms with E-state index in [0.717, 1.165) is 0 Å². The average molecular weight is 291 g/mol. The highest BCUT2D eigenvalue weighted by Crippen LogP contribution is 2.26. The number of aryl methyl sites for hydroxylation is 1. The Kier molecular flexibility index (Phi) is 4.07. The molecule has 6 heteroatoms. The molecule has 1 atom stereocenters. The number of carbonyl (C=O) groups excluding carboxylic acids is 1. The van der Waals surface area contributed by atoms with Gasteiger partial charge >= 0.3 is 5.97 Å². The Morgan fingerprint density at radius 3 is 2.86 bits per heavy atom. The number of fused-ring (bicyclic) bond motifs is 1. The van der Waals surface area contributed by atoms with E-state index in [9.17, 15) is 14.0 Å². The fourth-order valence-electron chi connectivity index (χ4n) is 2.02. The second-order valence-corrected chi connectivity index (χ2v) is 4.59. The van der Waals surface area contributed by atoms with Crippen LogP contribution < -0.4 is 5.32 Å². The van der Waals surface area contributed by atoms with Gasteiger partial charge in [0.1, 0.15) is 17.4 Å². The number of nitrogens with one attached hydrogen (secondary N) is 1. The van der Waals surface area contributed by atoms with Gasteiger partial charge in [-0.25, -0.2) is 9.18 Å². The molecule has 21 heavy (non-hydrogen) atoms. The van der Waals surface area contributed by atoms with Crippen LogP contribution in [0.15, 0.2) is 35.3 Å². The van der Waals surface area contributed by atoms with Crippen LogP contribution in [0.5, 0.6) is 0 Å². The molecule has 1 amide bonds. The Labute approximate surface area is 120 Å². The summed E-state index contributed by atoms with van der Waals surface area (Å²) >= 11 is 0. The maximum atomic E-state index is 13.2. The highest BCUT2D eigenvalue weighted by atomic mass is 19.1. The number of furan rings is 1. The molecule has 0 radical (unpaired) electrons. The van der Waals surface area contributed by atoms with Crippen molar-refractivity contribution in [3.8, 4) is 0 Å². The SMILES string of the molecule is C=CCC(NC(=O)c1oc2ccc(F)cc2c1C)C(=O)O. The van der Waals surface area contributed by atoms with Crippen molar-refractivity contribution in [3.63, 3.8) is 0 Å². The number of rotatable bonds is 5. The lowest BCUT2D eigenvalue weighted by Gasteiger charge is -2.11. The van der Waals surface area contributed by atoms with Crippen molar-refractivity contribution in [2.75, 3.05) is 0 Å². The van der Waals surface area contributed by atoms with Crippen molar-refractivity contribution in [3.05, 3.63) is 48.0 Å². The molecule has 1 unspecified atom stereocenters. The normalized spacial score (nSPS) is 12.1. The standard InChI is InChI=1S/C15H14FNO4/c1-3-4-11(15(19)20)17-14(18)13-8(2)10-7-9(16)5-6-12(10)21-13/h3,5-7,11H,1,4H2,2H3,(H,17,18)(H,19,20). The summed E-state index contributed by atoms with van der Waals surface area (Å²) in [6.45, 7) is 5.06. The lowest BCUT2D eigenvalue weighted by atomic mass is 10.1. The molecule has 0 aliphatic rings. The van der Waals surface area contributed by atoms with Crippen molar-refractivity contribution in [2.24, 2.45) is 0 Å². The lowest BCUT2D eigenvalue weighted by molar-refractivity contribution is -0.139. The van der Waals surface area contributed by atoms with Gasteiger partial charge in [0.2, 0.25) is 0 Å². The summed E-state index contributed by atoms with van der Waals surface area (Å²) in [5, 5.41) is 11.8. The third-order valence-corrected chi connectivity index (χ3v) is 3.11. The van der Waals surface area contributed by atoms with Crippen LogP contribution in [0.25, 0.3) is 11.0 Å². The van der Waals surface area contributed by atoms with E-state index in [1.165, 1.54) is 24.3 Å². The number of hydrogen-bond donors (Lipinski definition) is 2. The largest absolute Gasteiger partial charge is 0.480 e. The Bertz CT molecular complexity index is 720. The van der Waals surface area contributed by atoms with Gasteiger partial charge in [-0.1, -0.05) is 6.08 Å². The first-order valence-electron chi connectivity index (χ1n) is 6.27. The molecule has 2 rings (SSSR count). The van der Waals surface area contributed by atoms with Gasteiger partial charge in [-0.2, -0.15) is 0 Å². The minimum atomic E-state index is -1.16. The summed E-state index contributed by atoms with van der Waals surface area (Å²) in [6, 6.07) is 2.83. The molecule has 0 saturated heterocycles. The van der Waals surface area contributed by atoms with Crippen LogP contribution in [-0.2, 0) is 4.79 Å². The fourth-order valence-corrected chi connectivity index (χ4v) is 2.02. The van der Waals surface area contributed by atoms with Gasteiger partial charge in [0, 0.05) is 10.9 Å². The molecular weight excluding hydrogens is 277 g/mol. The number of benzene rings is 1. The summed E-state index contributed by atoms with van der Waals surface area (Å²) in [7, 11) is 0. The molecule has 0 saturated carbocycles. The van der Waals surface area contributed by atoms with Crippen LogP contribution in [0.1, 0.15) is 22.5 Å². The second kappa shape index (κ2) is 5.78. The molecule has 1 heterocycles. The third-order valence-electron chi connectivity index (χ3n) is 3.11. The van der Waals surface area contributed by atoms with Crippen molar-refractivity contribution in [1.29, 1.82) is 0 Å². The molecule has 1 aromatic heterocycles. The Hall–Kier alpha value is -2.63. The quantitative estimate of drug-likeness (QED) is 0.830. The van der Waals surface area contributed by atoms with Gasteiger partial charge < -0.3 is 14.8 Å². The maximum absolute atomic E-state index is 13.2. The van der Waals surface area contributed by atoms with E-state index in [4.69, 9.17) is 9.52 Å². The number of amides is 1. The monoisotopic (exact) mass is 291 g/mol. The molecule has 0 fully saturated rings. The number of carboxylic acids is 1. The van der Waals surface area contributed by atoms with Crippen LogP contribution in [0, 0.1) is 12.7 Å². The topological polar surface area (TPSA) is 79.5 Å². The van der Waals surface area contributed by atoms with Crippen molar-refractivity contribution < 1.29 is 23.5 Å². The summed E-state index contributed by atoms with van der Waals surface area (Å²) in [4.78, 5) is 23.1. The number of carbonyl (C=O) groups is 2. The van der Waals surface area contributed by atoms with E-state index in [1.807, 2.05) is 0 Å². The maximum Gasteiger partial charge on any atom is 0.326 e. The number of halogens is 1. The molecule has 0 aliphatic heterocycles. The molecule has 0 bridgehead atoms. The van der Waals surface area contributed by atoms with E-state index < -0.39 is 23.7 Å². The van der Waals surface area contributed by atoms with E-state index in [0.29, 0.717) is 16.5 Å². The van der Waals surface area contributed by atoms with Gasteiger partial charge in [0.25, 0.3) is 5.91 Å². The summed E-state index contributed by atoms with van der Waals surface area (Å²) in [5.74, 6) is -2.28. The highest BCUT2D eigenvalue weighted by Gasteiger charge is 2.23. The van der Waals surface area contributed by atoms with Crippen LogP contribution in [0.2, 0.25) is 0 Å². The van der Waals surface area contributed by atoms with Gasteiger partial charge in [0.05, 0.1) is 0 Å². The molecule has 0 aliphatic carbocycles. The van der Waals surface area contributed by atoms with Crippen LogP contribution >= 0.6 is 0 Å². The Balaban J connectivity index is 2.33. The summed E-state index contributed by atoms with van der Waals surface area (Å²) in [5.41, 5.74) is 0.833. The summed E-state index contributed by atoms with van der Waals surface area (Å²) in [6.07, 6.45) is 1.49. The fraction of sp³-hybridized carbons (Fsp3) is 0.200. The molecule has 110 valence electrons. The van der Waals surface area contributed by atoms with Crippen LogP contribution in [-0.4, -0.2) is 23.0 Å². The number of aliphatic carboxylic acids is 1. The zero-order chi connectivity index (χ0) is 15.6. The Morgan fingerprint density at radius 1 is 1.52 bits per heavy atom.